The summed E-state index contributed by atoms with van der Waals surface area (Å²) in [7, 11) is 0. The Kier molecular flexibility index (Phi) is 10.6. The van der Waals surface area contributed by atoms with Crippen molar-refractivity contribution in [1.82, 2.24) is 9.88 Å². The van der Waals surface area contributed by atoms with Crippen LogP contribution in [0.2, 0.25) is 10.0 Å². The molecule has 1 amide bonds. The third kappa shape index (κ3) is 7.86. The number of cyclic esters (lactones) is 1. The van der Waals surface area contributed by atoms with Crippen LogP contribution in [0.25, 0.3) is 11.1 Å². The Morgan fingerprint density at radius 2 is 1.77 bits per heavy atom. The zero-order valence-corrected chi connectivity index (χ0v) is 27.4. The minimum Gasteiger partial charge on any atom is -0.490 e. The summed E-state index contributed by atoms with van der Waals surface area (Å²) >= 11 is 13.4. The van der Waals surface area contributed by atoms with Crippen molar-refractivity contribution in [1.29, 1.82) is 0 Å². The standard InChI is InChI=1S/C35H40Cl2N2O8/c36-27-16-22(28(37)15-21(27)5-3-4-14-39-18-31(47-34(39)44)33(43)32(42)29(41)19-40)20-45-35(11-12-35)26-17-38-13-10-24(26)25-6-1-2-7-30(25)46-23-8-9-23/h1-2,6-7,10,13,15-17,23,29,31-33,40-43H,3-5,8-9,11-12,14,18-20H2/t29?,31-,32?,33?/m0/s1. The quantitative estimate of drug-likeness (QED) is 0.153. The monoisotopic (exact) mass is 686 g/mol. The number of aromatic nitrogens is 1. The number of aliphatic hydroxyl groups is 4. The number of hydrogen-bond acceptors (Lipinski definition) is 9. The highest BCUT2D eigenvalue weighted by Gasteiger charge is 2.48. The van der Waals surface area contributed by atoms with E-state index in [0.717, 1.165) is 59.3 Å². The highest BCUT2D eigenvalue weighted by Crippen LogP contribution is 2.53. The number of rotatable bonds is 16. The van der Waals surface area contributed by atoms with Gasteiger partial charge < -0.3 is 39.5 Å². The van der Waals surface area contributed by atoms with E-state index in [4.69, 9.17) is 42.5 Å². The van der Waals surface area contributed by atoms with E-state index in [2.05, 4.69) is 11.1 Å². The van der Waals surface area contributed by atoms with Crippen molar-refractivity contribution in [2.45, 2.75) is 87.7 Å². The number of hydrogen-bond donors (Lipinski definition) is 4. The van der Waals surface area contributed by atoms with Gasteiger partial charge >= 0.3 is 6.09 Å². The first kappa shape index (κ1) is 33.9. The van der Waals surface area contributed by atoms with Crippen LogP contribution < -0.4 is 4.74 Å². The normalized spacial score (nSPS) is 20.5. The number of pyridine rings is 1. The molecule has 6 rings (SSSR count). The van der Waals surface area contributed by atoms with Crippen LogP contribution in [-0.2, 0) is 28.1 Å². The van der Waals surface area contributed by atoms with E-state index in [-0.39, 0.29) is 12.6 Å². The van der Waals surface area contributed by atoms with Gasteiger partial charge in [0.05, 0.1) is 31.5 Å². The van der Waals surface area contributed by atoms with Gasteiger partial charge in [0.2, 0.25) is 0 Å². The molecular weight excluding hydrogens is 647 g/mol. The third-order valence-corrected chi connectivity index (χ3v) is 9.78. The molecule has 0 radical (unpaired) electrons. The number of unbranched alkanes of at least 4 members (excludes halogenated alkanes) is 1. The highest BCUT2D eigenvalue weighted by atomic mass is 35.5. The van der Waals surface area contributed by atoms with Crippen molar-refractivity contribution < 1.29 is 39.4 Å². The maximum Gasteiger partial charge on any atom is 0.410 e. The number of amides is 1. The van der Waals surface area contributed by atoms with E-state index in [1.54, 1.807) is 6.20 Å². The minimum atomic E-state index is -1.63. The fourth-order valence-electron chi connectivity index (χ4n) is 5.97. The molecule has 3 unspecified atom stereocenters. The Morgan fingerprint density at radius 3 is 2.51 bits per heavy atom. The van der Waals surface area contributed by atoms with E-state index >= 15 is 0 Å². The lowest BCUT2D eigenvalue weighted by Gasteiger charge is -2.24. The number of aliphatic hydroxyl groups excluding tert-OH is 4. The molecule has 3 fully saturated rings. The molecule has 47 heavy (non-hydrogen) atoms. The van der Waals surface area contributed by atoms with Gasteiger partial charge in [0.1, 0.15) is 30.2 Å². The van der Waals surface area contributed by atoms with Crippen LogP contribution in [0.15, 0.2) is 54.9 Å². The fourth-order valence-corrected chi connectivity index (χ4v) is 6.49. The Labute approximate surface area is 283 Å². The molecule has 3 aliphatic rings. The maximum absolute atomic E-state index is 12.3. The van der Waals surface area contributed by atoms with E-state index < -0.39 is 42.7 Å². The largest absolute Gasteiger partial charge is 0.490 e. The van der Waals surface area contributed by atoms with Gasteiger partial charge in [0.25, 0.3) is 0 Å². The first-order valence-electron chi connectivity index (χ1n) is 16.1. The summed E-state index contributed by atoms with van der Waals surface area (Å²) in [4.78, 5) is 18.1. The van der Waals surface area contributed by atoms with Crippen molar-refractivity contribution in [2.75, 3.05) is 19.7 Å². The second kappa shape index (κ2) is 14.7. The van der Waals surface area contributed by atoms with Crippen LogP contribution in [0.3, 0.4) is 0 Å². The SMILES string of the molecule is O=C1O[C@H](C(O)C(O)C(O)CO)CN1CCCCc1cc(Cl)c(COC2(c3cnccc3-c3ccccc3OC3CC3)CC2)cc1Cl. The van der Waals surface area contributed by atoms with Gasteiger partial charge in [0.15, 0.2) is 0 Å². The van der Waals surface area contributed by atoms with Crippen molar-refractivity contribution in [3.05, 3.63) is 81.6 Å². The van der Waals surface area contributed by atoms with Crippen LogP contribution in [0, 0.1) is 0 Å². The summed E-state index contributed by atoms with van der Waals surface area (Å²) in [5.41, 5.74) is 4.35. The summed E-state index contributed by atoms with van der Waals surface area (Å²) in [6.45, 7) is 0.0243. The Hall–Kier alpha value is -2.96. The van der Waals surface area contributed by atoms with Crippen LogP contribution in [0.4, 0.5) is 4.79 Å². The zero-order chi connectivity index (χ0) is 33.1. The molecule has 1 aromatic heterocycles. The molecule has 2 saturated carbocycles. The summed E-state index contributed by atoms with van der Waals surface area (Å²) in [6, 6.07) is 13.9. The van der Waals surface area contributed by atoms with Gasteiger partial charge in [-0.15, -0.1) is 0 Å². The lowest BCUT2D eigenvalue weighted by molar-refractivity contribution is -0.107. The Morgan fingerprint density at radius 1 is 1.02 bits per heavy atom. The molecule has 0 bridgehead atoms. The van der Waals surface area contributed by atoms with E-state index in [1.807, 2.05) is 42.6 Å². The average Bonchev–Trinajstić information content (AvgIpc) is 4.02. The predicted molar refractivity (Wildman–Crippen MR) is 175 cm³/mol. The van der Waals surface area contributed by atoms with Crippen LogP contribution >= 0.6 is 23.2 Å². The Bertz CT molecular complexity index is 1570. The maximum atomic E-state index is 12.3. The number of halogens is 2. The summed E-state index contributed by atoms with van der Waals surface area (Å²) in [6.07, 6.45) is 3.61. The first-order chi connectivity index (χ1) is 22.7. The molecule has 1 saturated heterocycles. The molecule has 3 aromatic rings. The number of nitrogens with zero attached hydrogens (tertiary/aromatic N) is 2. The van der Waals surface area contributed by atoms with Crippen molar-refractivity contribution >= 4 is 29.3 Å². The van der Waals surface area contributed by atoms with Gasteiger partial charge in [-0.1, -0.05) is 41.4 Å². The van der Waals surface area contributed by atoms with Gasteiger partial charge in [-0.05, 0) is 85.9 Å². The first-order valence-corrected chi connectivity index (χ1v) is 16.9. The molecule has 2 aromatic carbocycles. The second-order valence-electron chi connectivity index (χ2n) is 12.6. The predicted octanol–water partition coefficient (Wildman–Crippen LogP) is 5.02. The molecule has 12 heteroatoms. The smallest absolute Gasteiger partial charge is 0.410 e. The van der Waals surface area contributed by atoms with Gasteiger partial charge in [-0.2, -0.15) is 0 Å². The van der Waals surface area contributed by atoms with Gasteiger partial charge in [-0.3, -0.25) is 4.98 Å². The van der Waals surface area contributed by atoms with Crippen molar-refractivity contribution in [2.24, 2.45) is 0 Å². The number of benzene rings is 2. The molecule has 10 nitrogen and oxygen atoms in total. The third-order valence-electron chi connectivity index (χ3n) is 9.08. The molecule has 4 atom stereocenters. The molecular formula is C35H40Cl2N2O8. The van der Waals surface area contributed by atoms with E-state index in [1.165, 1.54) is 4.90 Å². The molecule has 4 N–H and O–H groups in total. The van der Waals surface area contributed by atoms with E-state index in [9.17, 15) is 20.1 Å². The zero-order valence-electron chi connectivity index (χ0n) is 25.9. The number of ether oxygens (including phenoxy) is 3. The molecule has 0 spiro atoms. The average molecular weight is 688 g/mol. The summed E-state index contributed by atoms with van der Waals surface area (Å²) in [5, 5.41) is 39.9. The topological polar surface area (TPSA) is 142 Å². The highest BCUT2D eigenvalue weighted by molar-refractivity contribution is 6.34. The summed E-state index contributed by atoms with van der Waals surface area (Å²) < 4.78 is 18.0. The Balaban J connectivity index is 1.03. The van der Waals surface area contributed by atoms with Crippen molar-refractivity contribution in [3.8, 4) is 16.9 Å². The molecule has 2 heterocycles. The van der Waals surface area contributed by atoms with Crippen LogP contribution in [0.5, 0.6) is 5.75 Å². The van der Waals surface area contributed by atoms with Gasteiger partial charge in [0, 0.05) is 40.1 Å². The van der Waals surface area contributed by atoms with Crippen LogP contribution in [-0.4, -0.2) is 86.6 Å². The lowest BCUT2D eigenvalue weighted by atomic mass is 9.96. The van der Waals surface area contributed by atoms with Gasteiger partial charge in [-0.25, -0.2) is 4.79 Å². The molecule has 1 aliphatic heterocycles. The van der Waals surface area contributed by atoms with E-state index in [0.29, 0.717) is 42.5 Å². The summed E-state index contributed by atoms with van der Waals surface area (Å²) in [5.74, 6) is 0.877. The number of carbonyl (C=O) groups excluding carboxylic acids is 1. The molecule has 252 valence electrons. The second-order valence-corrected chi connectivity index (χ2v) is 13.4. The van der Waals surface area contributed by atoms with Crippen LogP contribution in [0.1, 0.15) is 55.2 Å². The lowest BCUT2D eigenvalue weighted by Crippen LogP contribution is -2.47. The number of aryl methyl sites for hydroxylation is 1. The fraction of sp³-hybridized carbons (Fsp3) is 0.486. The number of carbonyl (C=O) groups is 1. The molecule has 2 aliphatic carbocycles. The number of para-hydroxylation sites is 1. The minimum absolute atomic E-state index is 0.0687. The van der Waals surface area contributed by atoms with Crippen molar-refractivity contribution in [3.63, 3.8) is 0 Å².